The lowest BCUT2D eigenvalue weighted by Crippen LogP contribution is -2.24. The zero-order valence-corrected chi connectivity index (χ0v) is 15.8. The minimum Gasteiger partial charge on any atom is -0.484 e. The third kappa shape index (κ3) is 5.80. The summed E-state index contributed by atoms with van der Waals surface area (Å²) in [6.45, 7) is 1.95. The van der Waals surface area contributed by atoms with Crippen LogP contribution in [-0.4, -0.2) is 31.3 Å². The number of amides is 1. The summed E-state index contributed by atoms with van der Waals surface area (Å²) in [6, 6.07) is 19.4. The van der Waals surface area contributed by atoms with Crippen molar-refractivity contribution >= 4 is 18.1 Å². The lowest BCUT2D eigenvalue weighted by Gasteiger charge is -2.03. The third-order valence-corrected chi connectivity index (χ3v) is 3.80. The summed E-state index contributed by atoms with van der Waals surface area (Å²) in [5.74, 6) is 0.945. The lowest BCUT2D eigenvalue weighted by atomic mass is 10.1. The van der Waals surface area contributed by atoms with Crippen molar-refractivity contribution in [3.05, 3.63) is 78.1 Å². The first kappa shape index (κ1) is 19.9. The number of nitrogens with zero attached hydrogens (tertiary/aromatic N) is 1. The molecule has 7 heteroatoms. The van der Waals surface area contributed by atoms with E-state index in [1.54, 1.807) is 55.5 Å². The number of carbonyl (C=O) groups is 2. The Balaban J connectivity index is 1.52. The molecule has 1 amide bonds. The molecule has 29 heavy (non-hydrogen) atoms. The summed E-state index contributed by atoms with van der Waals surface area (Å²) in [4.78, 5) is 23.4. The average Bonchev–Trinajstić information content (AvgIpc) is 3.22. The molecule has 7 nitrogen and oxygen atoms in total. The molecule has 0 aliphatic heterocycles. The fourth-order valence-electron chi connectivity index (χ4n) is 2.43. The van der Waals surface area contributed by atoms with Crippen molar-refractivity contribution in [1.82, 2.24) is 5.43 Å². The molecule has 0 saturated heterocycles. The van der Waals surface area contributed by atoms with Gasteiger partial charge in [0, 0.05) is 5.56 Å². The fourth-order valence-corrected chi connectivity index (χ4v) is 2.43. The van der Waals surface area contributed by atoms with Crippen LogP contribution >= 0.6 is 0 Å². The van der Waals surface area contributed by atoms with E-state index in [0.29, 0.717) is 29.4 Å². The summed E-state index contributed by atoms with van der Waals surface area (Å²) in [6.07, 6.45) is 1.40. The quantitative estimate of drug-likeness (QED) is 0.359. The molecular formula is C22H20N2O5. The highest BCUT2D eigenvalue weighted by atomic mass is 16.5. The largest absolute Gasteiger partial charge is 0.484 e. The Labute approximate surface area is 167 Å². The van der Waals surface area contributed by atoms with Gasteiger partial charge < -0.3 is 13.9 Å². The number of nitrogens with one attached hydrogen (secondary N) is 1. The highest BCUT2D eigenvalue weighted by Gasteiger charge is 2.08. The molecular weight excluding hydrogens is 372 g/mol. The van der Waals surface area contributed by atoms with Gasteiger partial charge in [-0.15, -0.1) is 0 Å². The van der Waals surface area contributed by atoms with Crippen LogP contribution in [0.25, 0.3) is 11.3 Å². The van der Waals surface area contributed by atoms with Crippen LogP contribution in [0, 0.1) is 0 Å². The van der Waals surface area contributed by atoms with E-state index in [1.807, 2.05) is 18.2 Å². The van der Waals surface area contributed by atoms with E-state index < -0.39 is 0 Å². The number of ether oxygens (including phenoxy) is 2. The molecule has 0 atom stereocenters. The van der Waals surface area contributed by atoms with E-state index in [4.69, 9.17) is 13.9 Å². The van der Waals surface area contributed by atoms with Gasteiger partial charge in [-0.05, 0) is 43.3 Å². The van der Waals surface area contributed by atoms with Crippen molar-refractivity contribution in [3.63, 3.8) is 0 Å². The molecule has 0 radical (unpaired) electrons. The molecule has 2 aromatic carbocycles. The zero-order chi connectivity index (χ0) is 20.5. The number of furan rings is 1. The van der Waals surface area contributed by atoms with Gasteiger partial charge in [-0.3, -0.25) is 4.79 Å². The maximum Gasteiger partial charge on any atom is 0.338 e. The van der Waals surface area contributed by atoms with Crippen molar-refractivity contribution in [2.24, 2.45) is 5.10 Å². The monoisotopic (exact) mass is 392 g/mol. The van der Waals surface area contributed by atoms with Crippen LogP contribution in [0.5, 0.6) is 5.75 Å². The number of rotatable bonds is 8. The minimum absolute atomic E-state index is 0.141. The van der Waals surface area contributed by atoms with Crippen molar-refractivity contribution in [2.45, 2.75) is 6.92 Å². The highest BCUT2D eigenvalue weighted by molar-refractivity contribution is 5.90. The summed E-state index contributed by atoms with van der Waals surface area (Å²) in [5.41, 5.74) is 3.66. The van der Waals surface area contributed by atoms with Crippen molar-refractivity contribution in [3.8, 4) is 17.1 Å². The van der Waals surface area contributed by atoms with Gasteiger partial charge in [0.05, 0.1) is 18.4 Å². The van der Waals surface area contributed by atoms with Crippen LogP contribution in [0.2, 0.25) is 0 Å². The topological polar surface area (TPSA) is 90.1 Å². The molecule has 0 saturated carbocycles. The number of hydrogen-bond acceptors (Lipinski definition) is 6. The predicted octanol–water partition coefficient (Wildman–Crippen LogP) is 3.65. The van der Waals surface area contributed by atoms with E-state index in [0.717, 1.165) is 5.56 Å². The molecule has 0 bridgehead atoms. The summed E-state index contributed by atoms with van der Waals surface area (Å²) in [7, 11) is 0. The van der Waals surface area contributed by atoms with Crippen LogP contribution in [0.4, 0.5) is 0 Å². The first-order valence-corrected chi connectivity index (χ1v) is 9.03. The zero-order valence-electron chi connectivity index (χ0n) is 15.8. The Morgan fingerprint density at radius 3 is 2.52 bits per heavy atom. The number of benzene rings is 2. The first-order chi connectivity index (χ1) is 14.2. The van der Waals surface area contributed by atoms with E-state index >= 15 is 0 Å². The molecule has 0 unspecified atom stereocenters. The molecule has 1 N–H and O–H groups in total. The first-order valence-electron chi connectivity index (χ1n) is 9.03. The second kappa shape index (κ2) is 9.89. The molecule has 148 valence electrons. The number of esters is 1. The number of carbonyl (C=O) groups excluding carboxylic acids is 2. The SMILES string of the molecule is CCOC(=O)c1ccc(-c2ccc(C=NNC(=O)COc3ccccc3)o2)cc1. The third-order valence-electron chi connectivity index (χ3n) is 3.80. The Hall–Kier alpha value is -3.87. The van der Waals surface area contributed by atoms with Crippen LogP contribution in [0.15, 0.2) is 76.2 Å². The Bertz CT molecular complexity index is 978. The van der Waals surface area contributed by atoms with Gasteiger partial charge in [-0.2, -0.15) is 5.10 Å². The summed E-state index contributed by atoms with van der Waals surface area (Å²) >= 11 is 0. The second-order valence-electron chi connectivity index (χ2n) is 5.89. The lowest BCUT2D eigenvalue weighted by molar-refractivity contribution is -0.123. The van der Waals surface area contributed by atoms with Crippen LogP contribution < -0.4 is 10.2 Å². The van der Waals surface area contributed by atoms with Crippen molar-refractivity contribution < 1.29 is 23.5 Å². The molecule has 0 aliphatic rings. The van der Waals surface area contributed by atoms with Crippen molar-refractivity contribution in [2.75, 3.05) is 13.2 Å². The van der Waals surface area contributed by atoms with Crippen LogP contribution in [-0.2, 0) is 9.53 Å². The molecule has 1 heterocycles. The smallest absolute Gasteiger partial charge is 0.338 e. The Morgan fingerprint density at radius 2 is 1.79 bits per heavy atom. The molecule has 3 rings (SSSR count). The number of para-hydroxylation sites is 1. The van der Waals surface area contributed by atoms with Gasteiger partial charge in [0.25, 0.3) is 5.91 Å². The predicted molar refractivity (Wildman–Crippen MR) is 108 cm³/mol. The van der Waals surface area contributed by atoms with Gasteiger partial charge in [-0.25, -0.2) is 10.2 Å². The van der Waals surface area contributed by atoms with Crippen molar-refractivity contribution in [1.29, 1.82) is 0 Å². The van der Waals surface area contributed by atoms with E-state index in [9.17, 15) is 9.59 Å². The van der Waals surface area contributed by atoms with Gasteiger partial charge in [0.1, 0.15) is 17.3 Å². The maximum atomic E-state index is 11.7. The van der Waals surface area contributed by atoms with E-state index in [-0.39, 0.29) is 18.5 Å². The maximum absolute atomic E-state index is 11.7. The molecule has 0 aliphatic carbocycles. The molecule has 0 fully saturated rings. The standard InChI is InChI=1S/C22H20N2O5/c1-2-27-22(26)17-10-8-16(9-11-17)20-13-12-19(29-20)14-23-24-21(25)15-28-18-6-4-3-5-7-18/h3-14H,2,15H2,1H3,(H,24,25). The van der Waals surface area contributed by atoms with Gasteiger partial charge in [-0.1, -0.05) is 30.3 Å². The summed E-state index contributed by atoms with van der Waals surface area (Å²) < 4.78 is 16.0. The molecule has 3 aromatic rings. The van der Waals surface area contributed by atoms with E-state index in [1.165, 1.54) is 6.21 Å². The van der Waals surface area contributed by atoms with E-state index in [2.05, 4.69) is 10.5 Å². The van der Waals surface area contributed by atoms with Gasteiger partial charge in [0.15, 0.2) is 6.61 Å². The normalized spacial score (nSPS) is 10.7. The van der Waals surface area contributed by atoms with Gasteiger partial charge in [0.2, 0.25) is 0 Å². The average molecular weight is 392 g/mol. The molecule has 1 aromatic heterocycles. The summed E-state index contributed by atoms with van der Waals surface area (Å²) in [5, 5.41) is 3.86. The van der Waals surface area contributed by atoms with Crippen LogP contribution in [0.1, 0.15) is 23.0 Å². The highest BCUT2D eigenvalue weighted by Crippen LogP contribution is 2.22. The van der Waals surface area contributed by atoms with Crippen LogP contribution in [0.3, 0.4) is 0 Å². The number of hydrazone groups is 1. The minimum atomic E-state index is -0.383. The fraction of sp³-hybridized carbons (Fsp3) is 0.136. The second-order valence-corrected chi connectivity index (χ2v) is 5.89. The van der Waals surface area contributed by atoms with Gasteiger partial charge >= 0.3 is 5.97 Å². The Kier molecular flexibility index (Phi) is 6.78. The number of hydrogen-bond donors (Lipinski definition) is 1. The Morgan fingerprint density at radius 1 is 1.03 bits per heavy atom. The molecule has 0 spiro atoms.